The summed E-state index contributed by atoms with van der Waals surface area (Å²) < 4.78 is 0. The van der Waals surface area contributed by atoms with Crippen molar-refractivity contribution in [1.29, 1.82) is 0 Å². The first kappa shape index (κ1) is 14.9. The monoisotopic (exact) mass is 282 g/mol. The molecule has 2 heterocycles. The van der Waals surface area contributed by atoms with Gasteiger partial charge in [-0.25, -0.2) is 0 Å². The number of carbonyl (C=O) groups is 2. The molecule has 0 bridgehead atoms. The maximum atomic E-state index is 12.0. The van der Waals surface area contributed by atoms with Gasteiger partial charge in [0.15, 0.2) is 0 Å². The molecule has 20 heavy (non-hydrogen) atoms. The fraction of sp³-hybridized carbons (Fsp3) is 0.769. The van der Waals surface area contributed by atoms with Gasteiger partial charge in [-0.05, 0) is 18.8 Å². The number of piperidine rings is 1. The van der Waals surface area contributed by atoms with Crippen molar-refractivity contribution in [2.24, 2.45) is 10.9 Å². The van der Waals surface area contributed by atoms with Gasteiger partial charge in [-0.2, -0.15) is 10.1 Å². The highest BCUT2D eigenvalue weighted by molar-refractivity contribution is 6.07. The van der Waals surface area contributed by atoms with Gasteiger partial charge in [-0.15, -0.1) is 0 Å². The average molecular weight is 282 g/mol. The molecule has 0 aromatic carbocycles. The molecule has 0 saturated carbocycles. The summed E-state index contributed by atoms with van der Waals surface area (Å²) in [5, 5.41) is 1.91. The molecule has 0 spiro atoms. The number of likely N-dealkylation sites (N-methyl/N-ethyl adjacent to an activating group) is 2. The van der Waals surface area contributed by atoms with Crippen molar-refractivity contribution in [3.8, 4) is 0 Å². The number of hydrogen-bond donors (Lipinski definition) is 0. The van der Waals surface area contributed by atoms with Gasteiger partial charge >= 0.3 is 0 Å². The summed E-state index contributed by atoms with van der Waals surface area (Å²) in [6, 6.07) is 0. The van der Waals surface area contributed by atoms with Crippen molar-refractivity contribution in [1.82, 2.24) is 14.9 Å². The summed E-state index contributed by atoms with van der Waals surface area (Å²) in [6.45, 7) is 1.99. The van der Waals surface area contributed by atoms with E-state index in [0.717, 1.165) is 25.9 Å². The van der Waals surface area contributed by atoms with E-state index in [1.54, 1.807) is 26.1 Å². The van der Waals surface area contributed by atoms with Crippen molar-refractivity contribution in [2.45, 2.75) is 19.3 Å². The second kappa shape index (κ2) is 6.32. The predicted molar refractivity (Wildman–Crippen MR) is 73.8 cm³/mol. The molecule has 2 saturated heterocycles. The van der Waals surface area contributed by atoms with Gasteiger partial charge in [0.05, 0.1) is 13.7 Å². The Bertz CT molecular complexity index is 416. The van der Waals surface area contributed by atoms with Crippen molar-refractivity contribution in [2.75, 3.05) is 40.8 Å². The van der Waals surface area contributed by atoms with Gasteiger partial charge in [-0.1, -0.05) is 0 Å². The van der Waals surface area contributed by atoms with Gasteiger partial charge < -0.3 is 9.74 Å². The molecule has 0 aromatic heterocycles. The van der Waals surface area contributed by atoms with Gasteiger partial charge in [0.2, 0.25) is 17.8 Å². The Morgan fingerprint density at radius 1 is 1.35 bits per heavy atom. The van der Waals surface area contributed by atoms with Crippen molar-refractivity contribution in [3.05, 3.63) is 0 Å². The summed E-state index contributed by atoms with van der Waals surface area (Å²) in [6.07, 6.45) is 2.32. The number of amides is 2. The van der Waals surface area contributed by atoms with E-state index in [0.29, 0.717) is 18.3 Å². The summed E-state index contributed by atoms with van der Waals surface area (Å²) in [4.78, 5) is 35.9. The third-order valence-corrected chi connectivity index (χ3v) is 3.91. The van der Waals surface area contributed by atoms with E-state index < -0.39 is 0 Å². The van der Waals surface area contributed by atoms with Crippen LogP contribution in [0, 0.1) is 5.92 Å². The Kier molecular flexibility index (Phi) is 4.72. The molecule has 0 N–H and O–H groups in total. The van der Waals surface area contributed by atoms with E-state index in [1.165, 1.54) is 4.90 Å². The molecular formula is C13H22N4O3. The van der Waals surface area contributed by atoms with Crippen LogP contribution in [0.5, 0.6) is 0 Å². The van der Waals surface area contributed by atoms with Crippen LogP contribution in [-0.2, 0) is 14.4 Å². The first-order chi connectivity index (χ1) is 9.51. The van der Waals surface area contributed by atoms with Crippen LogP contribution in [0.2, 0.25) is 0 Å². The molecule has 0 aromatic rings. The molecule has 2 amide bonds. The topological polar surface area (TPSA) is 65.5 Å². The standard InChI is InChI=1S/C13H22N4O3/c1-15-9-12(19)16(2)13(15)14-11(18)8-10-4-6-17(20-3)7-5-10/h10H,4-9H2,1-3H3. The smallest absolute Gasteiger partial charge is 0.249 e. The maximum Gasteiger partial charge on any atom is 0.249 e. The Labute approximate surface area is 119 Å². The molecule has 2 fully saturated rings. The molecule has 0 radical (unpaired) electrons. The van der Waals surface area contributed by atoms with Crippen LogP contribution < -0.4 is 0 Å². The van der Waals surface area contributed by atoms with Crippen LogP contribution in [0.25, 0.3) is 0 Å². The van der Waals surface area contributed by atoms with Crippen LogP contribution in [0.15, 0.2) is 4.99 Å². The van der Waals surface area contributed by atoms with E-state index >= 15 is 0 Å². The lowest BCUT2D eigenvalue weighted by Gasteiger charge is -2.29. The molecule has 0 atom stereocenters. The minimum atomic E-state index is -0.149. The summed E-state index contributed by atoms with van der Waals surface area (Å²) in [5.41, 5.74) is 0. The molecule has 7 heteroatoms. The quantitative estimate of drug-likeness (QED) is 0.725. The molecule has 2 aliphatic rings. The SMILES string of the molecule is CON1CCC(CC(=O)N=C2N(C)CC(=O)N2C)CC1. The molecule has 2 rings (SSSR count). The number of hydrogen-bond acceptors (Lipinski definition) is 4. The lowest BCUT2D eigenvalue weighted by Crippen LogP contribution is -2.34. The fourth-order valence-corrected chi connectivity index (χ4v) is 2.61. The van der Waals surface area contributed by atoms with Crippen LogP contribution in [0.4, 0.5) is 0 Å². The number of rotatable bonds is 3. The van der Waals surface area contributed by atoms with Crippen molar-refractivity contribution in [3.63, 3.8) is 0 Å². The van der Waals surface area contributed by atoms with E-state index in [4.69, 9.17) is 4.84 Å². The first-order valence-corrected chi connectivity index (χ1v) is 6.89. The highest BCUT2D eigenvalue weighted by Crippen LogP contribution is 2.21. The van der Waals surface area contributed by atoms with E-state index in [9.17, 15) is 9.59 Å². The van der Waals surface area contributed by atoms with Crippen molar-refractivity contribution < 1.29 is 14.4 Å². The predicted octanol–water partition coefficient (Wildman–Crippen LogP) is -0.0637. The largest absolute Gasteiger partial charge is 0.336 e. The number of aliphatic imine (C=N–C) groups is 1. The highest BCUT2D eigenvalue weighted by atomic mass is 16.7. The second-order valence-electron chi connectivity index (χ2n) is 5.37. The van der Waals surface area contributed by atoms with Gasteiger partial charge in [0, 0.05) is 33.6 Å². The molecule has 0 unspecified atom stereocenters. The number of guanidine groups is 1. The Balaban J connectivity index is 1.88. The molecule has 0 aliphatic carbocycles. The van der Waals surface area contributed by atoms with Crippen LogP contribution in [0.1, 0.15) is 19.3 Å². The van der Waals surface area contributed by atoms with Gasteiger partial charge in [0.1, 0.15) is 0 Å². The third kappa shape index (κ3) is 3.34. The zero-order valence-electron chi connectivity index (χ0n) is 12.3. The molecule has 112 valence electrons. The zero-order chi connectivity index (χ0) is 14.7. The highest BCUT2D eigenvalue weighted by Gasteiger charge is 2.29. The summed E-state index contributed by atoms with van der Waals surface area (Å²) in [5.74, 6) is 0.622. The summed E-state index contributed by atoms with van der Waals surface area (Å²) in [7, 11) is 5.08. The van der Waals surface area contributed by atoms with E-state index in [2.05, 4.69) is 4.99 Å². The van der Waals surface area contributed by atoms with Gasteiger partial charge in [-0.3, -0.25) is 14.5 Å². The zero-order valence-corrected chi connectivity index (χ0v) is 12.3. The molecule has 7 nitrogen and oxygen atoms in total. The first-order valence-electron chi connectivity index (χ1n) is 6.89. The average Bonchev–Trinajstić information content (AvgIpc) is 2.66. The van der Waals surface area contributed by atoms with E-state index in [1.807, 2.05) is 5.06 Å². The van der Waals surface area contributed by atoms with E-state index in [-0.39, 0.29) is 18.4 Å². The summed E-state index contributed by atoms with van der Waals surface area (Å²) >= 11 is 0. The lowest BCUT2D eigenvalue weighted by molar-refractivity contribution is -0.149. The minimum absolute atomic E-state index is 0.0348. The minimum Gasteiger partial charge on any atom is -0.336 e. The fourth-order valence-electron chi connectivity index (χ4n) is 2.61. The normalized spacial score (nSPS) is 23.9. The van der Waals surface area contributed by atoms with Gasteiger partial charge in [0.25, 0.3) is 0 Å². The Hall–Kier alpha value is -1.47. The number of nitrogens with zero attached hydrogens (tertiary/aromatic N) is 4. The number of carbonyl (C=O) groups excluding carboxylic acids is 2. The Morgan fingerprint density at radius 2 is 2.00 bits per heavy atom. The third-order valence-electron chi connectivity index (χ3n) is 3.91. The Morgan fingerprint density at radius 3 is 2.50 bits per heavy atom. The second-order valence-corrected chi connectivity index (χ2v) is 5.37. The number of hydroxylamine groups is 2. The molecular weight excluding hydrogens is 260 g/mol. The van der Waals surface area contributed by atoms with Crippen LogP contribution in [-0.4, -0.2) is 73.5 Å². The maximum absolute atomic E-state index is 12.0. The van der Waals surface area contributed by atoms with Crippen LogP contribution in [0.3, 0.4) is 0 Å². The van der Waals surface area contributed by atoms with Crippen LogP contribution >= 0.6 is 0 Å². The van der Waals surface area contributed by atoms with Crippen molar-refractivity contribution >= 4 is 17.8 Å². The lowest BCUT2D eigenvalue weighted by atomic mass is 9.94. The molecule has 2 aliphatic heterocycles.